The predicted molar refractivity (Wildman–Crippen MR) is 49.1 cm³/mol. The molecule has 0 radical (unpaired) electrons. The van der Waals surface area contributed by atoms with Crippen molar-refractivity contribution in [3.05, 3.63) is 17.2 Å². The van der Waals surface area contributed by atoms with Gasteiger partial charge >= 0.3 is 0 Å². The van der Waals surface area contributed by atoms with Gasteiger partial charge in [-0.1, -0.05) is 0 Å². The van der Waals surface area contributed by atoms with Gasteiger partial charge in [0, 0.05) is 13.1 Å². The Morgan fingerprint density at radius 3 is 3.08 bits per heavy atom. The molecule has 4 nitrogen and oxygen atoms in total. The summed E-state index contributed by atoms with van der Waals surface area (Å²) in [7, 11) is 0. The summed E-state index contributed by atoms with van der Waals surface area (Å²) >= 11 is 0. The Morgan fingerprint density at radius 2 is 2.31 bits per heavy atom. The highest BCUT2D eigenvalue weighted by molar-refractivity contribution is 5.20. The van der Waals surface area contributed by atoms with Crippen LogP contribution in [0.4, 0.5) is 0 Å². The van der Waals surface area contributed by atoms with Gasteiger partial charge in [0.1, 0.15) is 5.82 Å². The number of hydrogen-bond acceptors (Lipinski definition) is 3. The molecule has 4 heteroatoms. The number of imidazole rings is 1. The lowest BCUT2D eigenvalue weighted by molar-refractivity contribution is 0.602. The fourth-order valence-corrected chi connectivity index (χ4v) is 2.15. The molecule has 1 saturated heterocycles. The Kier molecular flexibility index (Phi) is 1.63. The van der Waals surface area contributed by atoms with E-state index >= 15 is 0 Å². The van der Waals surface area contributed by atoms with Crippen molar-refractivity contribution in [3.63, 3.8) is 0 Å². The van der Waals surface area contributed by atoms with E-state index in [1.165, 1.54) is 24.2 Å². The molecule has 1 fully saturated rings. The molecule has 0 saturated carbocycles. The van der Waals surface area contributed by atoms with E-state index in [4.69, 9.17) is 0 Å². The summed E-state index contributed by atoms with van der Waals surface area (Å²) in [5, 5.41) is 6.72. The van der Waals surface area contributed by atoms with Crippen molar-refractivity contribution in [1.82, 2.24) is 20.6 Å². The SMILES string of the molecule is C1CNC(c2nc3c([nH]2)CNC3)C1. The van der Waals surface area contributed by atoms with Gasteiger partial charge in [0.05, 0.1) is 17.4 Å². The molecule has 13 heavy (non-hydrogen) atoms. The topological polar surface area (TPSA) is 52.7 Å². The fraction of sp³-hybridized carbons (Fsp3) is 0.667. The molecule has 3 rings (SSSR count). The van der Waals surface area contributed by atoms with Crippen LogP contribution in [0.3, 0.4) is 0 Å². The van der Waals surface area contributed by atoms with Crippen molar-refractivity contribution in [2.75, 3.05) is 6.54 Å². The summed E-state index contributed by atoms with van der Waals surface area (Å²) in [4.78, 5) is 7.99. The number of nitrogens with one attached hydrogen (secondary N) is 3. The molecule has 70 valence electrons. The highest BCUT2D eigenvalue weighted by Gasteiger charge is 2.22. The third kappa shape index (κ3) is 1.17. The molecule has 1 atom stereocenters. The fourth-order valence-electron chi connectivity index (χ4n) is 2.15. The van der Waals surface area contributed by atoms with Crippen LogP contribution in [0, 0.1) is 0 Å². The number of hydrogen-bond donors (Lipinski definition) is 3. The minimum Gasteiger partial charge on any atom is -0.343 e. The third-order valence-corrected chi connectivity index (χ3v) is 2.87. The lowest BCUT2D eigenvalue weighted by Crippen LogP contribution is -2.15. The average molecular weight is 178 g/mol. The highest BCUT2D eigenvalue weighted by atomic mass is 15.1. The lowest BCUT2D eigenvalue weighted by Gasteiger charge is -2.05. The van der Waals surface area contributed by atoms with Gasteiger partial charge in [0.2, 0.25) is 0 Å². The second-order valence-electron chi connectivity index (χ2n) is 3.80. The number of nitrogens with zero attached hydrogens (tertiary/aromatic N) is 1. The molecule has 0 aromatic carbocycles. The van der Waals surface area contributed by atoms with E-state index in [1.807, 2.05) is 0 Å². The summed E-state index contributed by atoms with van der Waals surface area (Å²) in [5.41, 5.74) is 2.49. The first-order valence-corrected chi connectivity index (χ1v) is 4.95. The molecule has 0 aliphatic carbocycles. The maximum atomic E-state index is 4.59. The Labute approximate surface area is 77.1 Å². The summed E-state index contributed by atoms with van der Waals surface area (Å²) < 4.78 is 0. The van der Waals surface area contributed by atoms with Crippen molar-refractivity contribution in [2.24, 2.45) is 0 Å². The predicted octanol–water partition coefficient (Wildman–Crippen LogP) is 0.437. The van der Waals surface area contributed by atoms with Crippen LogP contribution in [0.15, 0.2) is 0 Å². The molecule has 2 aliphatic heterocycles. The van der Waals surface area contributed by atoms with Gasteiger partial charge in [-0.15, -0.1) is 0 Å². The Balaban J connectivity index is 1.88. The van der Waals surface area contributed by atoms with Gasteiger partial charge < -0.3 is 15.6 Å². The standard InChI is InChI=1S/C9H14N4/c1-2-6(11-3-1)9-12-7-4-10-5-8(7)13-9/h6,10-11H,1-5H2,(H,12,13). The molecule has 0 bridgehead atoms. The molecule has 1 aromatic rings. The number of H-pyrrole nitrogens is 1. The van der Waals surface area contributed by atoms with Gasteiger partial charge in [0.15, 0.2) is 0 Å². The minimum atomic E-state index is 0.477. The van der Waals surface area contributed by atoms with Crippen LogP contribution >= 0.6 is 0 Å². The first-order valence-electron chi connectivity index (χ1n) is 4.95. The smallest absolute Gasteiger partial charge is 0.123 e. The van der Waals surface area contributed by atoms with Crippen molar-refractivity contribution < 1.29 is 0 Å². The number of fused-ring (bicyclic) bond motifs is 1. The first kappa shape index (κ1) is 7.53. The second kappa shape index (κ2) is 2.82. The van der Waals surface area contributed by atoms with Crippen LogP contribution < -0.4 is 10.6 Å². The normalized spacial score (nSPS) is 26.6. The molecular weight excluding hydrogens is 164 g/mol. The third-order valence-electron chi connectivity index (χ3n) is 2.87. The Morgan fingerprint density at radius 1 is 1.31 bits per heavy atom. The zero-order valence-electron chi connectivity index (χ0n) is 7.56. The molecule has 3 heterocycles. The van der Waals surface area contributed by atoms with E-state index in [1.54, 1.807) is 0 Å². The number of rotatable bonds is 1. The van der Waals surface area contributed by atoms with Gasteiger partial charge in [0.25, 0.3) is 0 Å². The molecular formula is C9H14N4. The zero-order valence-corrected chi connectivity index (χ0v) is 7.56. The molecule has 2 aliphatic rings. The zero-order chi connectivity index (χ0) is 8.67. The summed E-state index contributed by atoms with van der Waals surface area (Å²) in [5.74, 6) is 1.14. The second-order valence-corrected chi connectivity index (χ2v) is 3.80. The molecule has 1 aromatic heterocycles. The molecule has 0 spiro atoms. The van der Waals surface area contributed by atoms with E-state index < -0.39 is 0 Å². The van der Waals surface area contributed by atoms with Crippen LogP contribution in [0.2, 0.25) is 0 Å². The van der Waals surface area contributed by atoms with Gasteiger partial charge in [-0.25, -0.2) is 4.98 Å². The Hall–Kier alpha value is -0.870. The van der Waals surface area contributed by atoms with Gasteiger partial charge in [-0.3, -0.25) is 0 Å². The first-order chi connectivity index (χ1) is 6.43. The summed E-state index contributed by atoms with van der Waals surface area (Å²) in [6.07, 6.45) is 2.49. The van der Waals surface area contributed by atoms with Crippen LogP contribution in [0.1, 0.15) is 36.1 Å². The van der Waals surface area contributed by atoms with Crippen molar-refractivity contribution in [1.29, 1.82) is 0 Å². The van der Waals surface area contributed by atoms with Crippen molar-refractivity contribution in [3.8, 4) is 0 Å². The monoisotopic (exact) mass is 178 g/mol. The Bertz CT molecular complexity index is 290. The number of aromatic amines is 1. The van der Waals surface area contributed by atoms with Crippen molar-refractivity contribution >= 4 is 0 Å². The quantitative estimate of drug-likeness (QED) is 0.585. The van der Waals surface area contributed by atoms with Crippen LogP contribution in [-0.4, -0.2) is 16.5 Å². The summed E-state index contributed by atoms with van der Waals surface area (Å²) in [6.45, 7) is 3.02. The van der Waals surface area contributed by atoms with E-state index in [0.717, 1.165) is 25.5 Å². The maximum absolute atomic E-state index is 4.59. The van der Waals surface area contributed by atoms with Crippen LogP contribution in [0.5, 0.6) is 0 Å². The molecule has 3 N–H and O–H groups in total. The van der Waals surface area contributed by atoms with Gasteiger partial charge in [-0.2, -0.15) is 0 Å². The highest BCUT2D eigenvalue weighted by Crippen LogP contribution is 2.23. The average Bonchev–Trinajstić information content (AvgIpc) is 2.78. The van der Waals surface area contributed by atoms with E-state index in [9.17, 15) is 0 Å². The maximum Gasteiger partial charge on any atom is 0.123 e. The van der Waals surface area contributed by atoms with Crippen LogP contribution in [0.25, 0.3) is 0 Å². The molecule has 1 unspecified atom stereocenters. The summed E-state index contributed by atoms with van der Waals surface area (Å²) in [6, 6.07) is 0.477. The minimum absolute atomic E-state index is 0.477. The van der Waals surface area contributed by atoms with E-state index in [0.29, 0.717) is 6.04 Å². The van der Waals surface area contributed by atoms with Gasteiger partial charge in [-0.05, 0) is 19.4 Å². The van der Waals surface area contributed by atoms with E-state index in [-0.39, 0.29) is 0 Å². The molecule has 0 amide bonds. The van der Waals surface area contributed by atoms with E-state index in [2.05, 4.69) is 20.6 Å². The number of aromatic nitrogens is 2. The lowest BCUT2D eigenvalue weighted by atomic mass is 10.2. The largest absolute Gasteiger partial charge is 0.343 e. The van der Waals surface area contributed by atoms with Crippen LogP contribution in [-0.2, 0) is 13.1 Å². The van der Waals surface area contributed by atoms with Crippen molar-refractivity contribution in [2.45, 2.75) is 32.0 Å².